The van der Waals surface area contributed by atoms with Crippen molar-refractivity contribution in [2.45, 2.75) is 108 Å². The summed E-state index contributed by atoms with van der Waals surface area (Å²) < 4.78 is 4.89. The number of hydrogen-bond acceptors (Lipinski definition) is 5. The Morgan fingerprint density at radius 2 is 1.57 bits per heavy atom. The van der Waals surface area contributed by atoms with Crippen molar-refractivity contribution in [1.29, 1.82) is 0 Å². The number of carbonyl (C=O) groups excluding carboxylic acids is 2. The number of nitrogens with one attached hydrogen (secondary N) is 1. The number of benzene rings is 2. The summed E-state index contributed by atoms with van der Waals surface area (Å²) in [6.07, 6.45) is 11.0. The maximum absolute atomic E-state index is 13.2. The van der Waals surface area contributed by atoms with Gasteiger partial charge in [-0.1, -0.05) is 57.1 Å². The highest BCUT2D eigenvalue weighted by atomic mass is 32.2. The molecule has 0 unspecified atom stereocenters. The Hall–Kier alpha value is -2.67. The van der Waals surface area contributed by atoms with Crippen LogP contribution in [0.5, 0.6) is 5.75 Å². The molecule has 0 heterocycles. The van der Waals surface area contributed by atoms with Gasteiger partial charge in [-0.15, -0.1) is 11.8 Å². The van der Waals surface area contributed by atoms with Crippen molar-refractivity contribution in [3.8, 4) is 5.75 Å². The van der Waals surface area contributed by atoms with Crippen LogP contribution < -0.4 is 5.32 Å². The number of anilines is 1. The predicted octanol–water partition coefficient (Wildman–Crippen LogP) is 8.43. The van der Waals surface area contributed by atoms with Gasteiger partial charge in [-0.2, -0.15) is 0 Å². The largest absolute Gasteiger partial charge is 0.508 e. The SMILES string of the molecule is CC(C)(C)OC(=O)C(C)(C)Sc1ccc(CCN(CCCCC2CCCCC2)C(=O)Nc2ccc(O)cc2)cc1. The van der Waals surface area contributed by atoms with Crippen LogP contribution in [0.3, 0.4) is 0 Å². The summed E-state index contributed by atoms with van der Waals surface area (Å²) in [5.41, 5.74) is 1.29. The Morgan fingerprint density at radius 3 is 2.20 bits per heavy atom. The monoisotopic (exact) mass is 568 g/mol. The second-order valence-corrected chi connectivity index (χ2v) is 14.2. The summed E-state index contributed by atoms with van der Waals surface area (Å²) in [5.74, 6) is 0.797. The summed E-state index contributed by atoms with van der Waals surface area (Å²) in [6, 6.07) is 14.7. The van der Waals surface area contributed by atoms with Gasteiger partial charge in [0.25, 0.3) is 0 Å². The van der Waals surface area contributed by atoms with Crippen LogP contribution in [-0.4, -0.2) is 45.4 Å². The molecule has 0 radical (unpaired) electrons. The third-order valence-corrected chi connectivity index (χ3v) is 8.46. The molecule has 2 amide bonds. The Balaban J connectivity index is 1.56. The van der Waals surface area contributed by atoms with Gasteiger partial charge in [0.15, 0.2) is 0 Å². The van der Waals surface area contributed by atoms with E-state index in [0.29, 0.717) is 18.8 Å². The van der Waals surface area contributed by atoms with E-state index in [4.69, 9.17) is 4.74 Å². The topological polar surface area (TPSA) is 78.9 Å². The predicted molar refractivity (Wildman–Crippen MR) is 165 cm³/mol. The summed E-state index contributed by atoms with van der Waals surface area (Å²) in [6.45, 7) is 10.7. The van der Waals surface area contributed by atoms with Gasteiger partial charge in [0.2, 0.25) is 0 Å². The molecular formula is C33H48N2O4S. The molecule has 40 heavy (non-hydrogen) atoms. The molecule has 220 valence electrons. The number of hydrogen-bond donors (Lipinski definition) is 2. The minimum Gasteiger partial charge on any atom is -0.508 e. The number of ether oxygens (including phenoxy) is 1. The number of phenolic OH excluding ortho intramolecular Hbond substituents is 1. The Kier molecular flexibility index (Phi) is 11.8. The molecule has 6 nitrogen and oxygen atoms in total. The molecule has 1 aliphatic rings. The molecule has 1 saturated carbocycles. The fraction of sp³-hybridized carbons (Fsp3) is 0.576. The molecule has 1 fully saturated rings. The van der Waals surface area contributed by atoms with Gasteiger partial charge >= 0.3 is 12.0 Å². The van der Waals surface area contributed by atoms with Crippen molar-refractivity contribution in [3.63, 3.8) is 0 Å². The molecule has 0 saturated heterocycles. The summed E-state index contributed by atoms with van der Waals surface area (Å²) in [5, 5.41) is 12.6. The van der Waals surface area contributed by atoms with E-state index in [1.807, 2.05) is 51.7 Å². The van der Waals surface area contributed by atoms with Crippen LogP contribution in [0, 0.1) is 5.92 Å². The van der Waals surface area contributed by atoms with Crippen molar-refractivity contribution in [1.82, 2.24) is 4.90 Å². The first-order valence-corrected chi connectivity index (χ1v) is 15.6. The fourth-order valence-electron chi connectivity index (χ4n) is 5.00. The zero-order chi connectivity index (χ0) is 29.2. The van der Waals surface area contributed by atoms with Crippen molar-refractivity contribution in [2.24, 2.45) is 5.92 Å². The van der Waals surface area contributed by atoms with E-state index >= 15 is 0 Å². The second-order valence-electron chi connectivity index (χ2n) is 12.5. The molecule has 0 aliphatic heterocycles. The Labute approximate surface area is 245 Å². The first-order valence-electron chi connectivity index (χ1n) is 14.8. The molecule has 2 N–H and O–H groups in total. The zero-order valence-corrected chi connectivity index (χ0v) is 25.8. The van der Waals surface area contributed by atoms with Crippen molar-refractivity contribution in [2.75, 3.05) is 18.4 Å². The molecule has 2 aromatic carbocycles. The number of aromatic hydroxyl groups is 1. The normalized spacial score (nSPS) is 14.5. The fourth-order valence-corrected chi connectivity index (χ4v) is 5.99. The van der Waals surface area contributed by atoms with Gasteiger partial charge in [0.1, 0.15) is 16.1 Å². The number of unbranched alkanes of at least 4 members (excludes halogenated alkanes) is 1. The summed E-state index contributed by atoms with van der Waals surface area (Å²) >= 11 is 1.49. The molecule has 0 aromatic heterocycles. The van der Waals surface area contributed by atoms with Crippen LogP contribution in [0.15, 0.2) is 53.4 Å². The van der Waals surface area contributed by atoms with E-state index in [1.165, 1.54) is 50.3 Å². The van der Waals surface area contributed by atoms with Gasteiger partial charge in [0, 0.05) is 23.7 Å². The zero-order valence-electron chi connectivity index (χ0n) is 25.0. The van der Waals surface area contributed by atoms with Gasteiger partial charge in [-0.3, -0.25) is 4.79 Å². The lowest BCUT2D eigenvalue weighted by atomic mass is 9.86. The number of nitrogens with zero attached hydrogens (tertiary/aromatic N) is 1. The quantitative estimate of drug-likeness (QED) is 0.116. The minimum atomic E-state index is -0.699. The van der Waals surface area contributed by atoms with E-state index in [0.717, 1.165) is 35.6 Å². The van der Waals surface area contributed by atoms with E-state index < -0.39 is 10.3 Å². The maximum Gasteiger partial charge on any atom is 0.322 e. The van der Waals surface area contributed by atoms with Crippen LogP contribution in [0.1, 0.15) is 91.5 Å². The lowest BCUT2D eigenvalue weighted by Crippen LogP contribution is -2.37. The number of esters is 1. The maximum atomic E-state index is 13.2. The first kappa shape index (κ1) is 31.9. The summed E-state index contributed by atoms with van der Waals surface area (Å²) in [7, 11) is 0. The third kappa shape index (κ3) is 11.1. The molecule has 0 atom stereocenters. The van der Waals surface area contributed by atoms with E-state index in [2.05, 4.69) is 17.4 Å². The Morgan fingerprint density at radius 1 is 0.925 bits per heavy atom. The minimum absolute atomic E-state index is 0.116. The number of rotatable bonds is 12. The van der Waals surface area contributed by atoms with Crippen LogP contribution >= 0.6 is 11.8 Å². The van der Waals surface area contributed by atoms with Gasteiger partial charge in [0.05, 0.1) is 0 Å². The highest BCUT2D eigenvalue weighted by Crippen LogP contribution is 2.35. The molecule has 7 heteroatoms. The van der Waals surface area contributed by atoms with Crippen molar-refractivity contribution in [3.05, 3.63) is 54.1 Å². The van der Waals surface area contributed by atoms with Gasteiger partial charge in [-0.25, -0.2) is 4.79 Å². The van der Waals surface area contributed by atoms with Crippen LogP contribution in [0.2, 0.25) is 0 Å². The average Bonchev–Trinajstić information content (AvgIpc) is 2.90. The van der Waals surface area contributed by atoms with Crippen LogP contribution in [0.4, 0.5) is 10.5 Å². The molecule has 0 bridgehead atoms. The van der Waals surface area contributed by atoms with E-state index in [1.54, 1.807) is 24.3 Å². The molecule has 0 spiro atoms. The highest BCUT2D eigenvalue weighted by molar-refractivity contribution is 8.01. The molecule has 2 aromatic rings. The standard InChI is InChI=1S/C33H48N2O4S/c1-32(2,3)39-30(37)33(4,5)40-29-20-14-26(15-21-29)22-24-35(23-10-9-13-25-11-7-6-8-12-25)31(38)34-27-16-18-28(36)19-17-27/h14-21,25,36H,6-13,22-24H2,1-5H3,(H,34,38). The van der Waals surface area contributed by atoms with E-state index in [-0.39, 0.29) is 17.7 Å². The highest BCUT2D eigenvalue weighted by Gasteiger charge is 2.33. The molecular weight excluding hydrogens is 520 g/mol. The summed E-state index contributed by atoms with van der Waals surface area (Å²) in [4.78, 5) is 28.7. The number of urea groups is 1. The van der Waals surface area contributed by atoms with Crippen LogP contribution in [0.25, 0.3) is 0 Å². The Bertz CT molecular complexity index is 1070. The molecule has 3 rings (SSSR count). The number of phenols is 1. The van der Waals surface area contributed by atoms with E-state index in [9.17, 15) is 14.7 Å². The smallest absolute Gasteiger partial charge is 0.322 e. The first-order chi connectivity index (χ1) is 18.9. The lowest BCUT2D eigenvalue weighted by Gasteiger charge is -2.28. The van der Waals surface area contributed by atoms with Gasteiger partial charge < -0.3 is 20.1 Å². The van der Waals surface area contributed by atoms with Gasteiger partial charge in [-0.05, 0) is 95.3 Å². The number of amides is 2. The molecule has 1 aliphatic carbocycles. The van der Waals surface area contributed by atoms with Crippen molar-refractivity contribution >= 4 is 29.4 Å². The average molecular weight is 569 g/mol. The third-order valence-electron chi connectivity index (χ3n) is 7.28. The van der Waals surface area contributed by atoms with Crippen molar-refractivity contribution < 1.29 is 19.4 Å². The lowest BCUT2D eigenvalue weighted by molar-refractivity contribution is -0.156. The van der Waals surface area contributed by atoms with Crippen LogP contribution in [-0.2, 0) is 16.0 Å². The number of thioether (sulfide) groups is 1. The number of carbonyl (C=O) groups is 2. The second kappa shape index (κ2) is 14.8.